The largest absolute Gasteiger partial charge is 0.399 e. The molecule has 0 aliphatic heterocycles. The topological polar surface area (TPSA) is 83.8 Å². The van der Waals surface area contributed by atoms with Gasteiger partial charge >= 0.3 is 0 Å². The molecule has 21 heavy (non-hydrogen) atoms. The third kappa shape index (κ3) is 2.75. The lowest BCUT2D eigenvalue weighted by atomic mass is 10.2. The van der Waals surface area contributed by atoms with E-state index in [1.165, 1.54) is 0 Å². The van der Waals surface area contributed by atoms with Gasteiger partial charge < -0.3 is 16.0 Å². The number of carbonyl (C=O) groups excluding carboxylic acids is 1. The van der Waals surface area contributed by atoms with Crippen LogP contribution in [0.5, 0.6) is 0 Å². The molecule has 108 valence electrons. The molecule has 3 rings (SSSR count). The molecule has 0 saturated heterocycles. The summed E-state index contributed by atoms with van der Waals surface area (Å²) in [5.41, 5.74) is 7.87. The molecule has 2 aromatic heterocycles. The van der Waals surface area contributed by atoms with Crippen LogP contribution < -0.4 is 11.1 Å². The van der Waals surface area contributed by atoms with Gasteiger partial charge in [0.25, 0.3) is 5.91 Å². The normalized spacial score (nSPS) is 12.4. The first-order valence-electron chi connectivity index (χ1n) is 6.76. The van der Waals surface area contributed by atoms with Crippen LogP contribution in [0.4, 0.5) is 5.69 Å². The van der Waals surface area contributed by atoms with E-state index in [2.05, 4.69) is 15.3 Å². The Balaban J connectivity index is 1.83. The summed E-state index contributed by atoms with van der Waals surface area (Å²) in [5.74, 6) is -0.133. The lowest BCUT2D eigenvalue weighted by Gasteiger charge is -2.13. The first-order chi connectivity index (χ1) is 10.2. The maximum atomic E-state index is 12.4. The highest BCUT2D eigenvalue weighted by Crippen LogP contribution is 2.21. The van der Waals surface area contributed by atoms with E-state index in [9.17, 15) is 4.79 Å². The number of nitrogen functional groups attached to an aromatic ring is 1. The number of carbonyl (C=O) groups is 1. The maximum Gasteiger partial charge on any atom is 0.268 e. The van der Waals surface area contributed by atoms with Crippen molar-refractivity contribution in [2.45, 2.75) is 19.4 Å². The van der Waals surface area contributed by atoms with Crippen LogP contribution in [0.3, 0.4) is 0 Å². The van der Waals surface area contributed by atoms with Gasteiger partial charge in [-0.15, -0.1) is 11.3 Å². The average molecular weight is 300 g/mol. The zero-order chi connectivity index (χ0) is 14.8. The maximum absolute atomic E-state index is 12.4. The fraction of sp³-hybridized carbons (Fsp3) is 0.200. The molecule has 0 aliphatic carbocycles. The van der Waals surface area contributed by atoms with Gasteiger partial charge in [0.2, 0.25) is 0 Å². The van der Waals surface area contributed by atoms with Gasteiger partial charge in [0.05, 0.1) is 6.04 Å². The number of aromatic nitrogens is 2. The summed E-state index contributed by atoms with van der Waals surface area (Å²) in [6, 6.07) is 7.29. The fourth-order valence-corrected chi connectivity index (χ4v) is 3.03. The van der Waals surface area contributed by atoms with E-state index in [0.29, 0.717) is 11.4 Å². The molecule has 0 saturated carbocycles. The molecule has 6 heteroatoms. The van der Waals surface area contributed by atoms with Crippen LogP contribution in [-0.2, 0) is 0 Å². The SMILES string of the molecule is CCC(NC(=O)c1cc2cc(N)ccc2[nH]1)c1nccs1. The van der Waals surface area contributed by atoms with E-state index in [-0.39, 0.29) is 11.9 Å². The number of amides is 1. The Bertz CT molecular complexity index is 763. The highest BCUT2D eigenvalue weighted by atomic mass is 32.1. The smallest absolute Gasteiger partial charge is 0.268 e. The van der Waals surface area contributed by atoms with Crippen molar-refractivity contribution in [3.8, 4) is 0 Å². The number of aromatic amines is 1. The van der Waals surface area contributed by atoms with Crippen LogP contribution in [-0.4, -0.2) is 15.9 Å². The lowest BCUT2D eigenvalue weighted by molar-refractivity contribution is 0.0931. The molecule has 1 amide bonds. The minimum absolute atomic E-state index is 0.0611. The Labute approximate surface area is 126 Å². The number of rotatable bonds is 4. The van der Waals surface area contributed by atoms with Crippen molar-refractivity contribution in [3.63, 3.8) is 0 Å². The van der Waals surface area contributed by atoms with Crippen LogP contribution in [0.2, 0.25) is 0 Å². The van der Waals surface area contributed by atoms with Gasteiger partial charge in [-0.1, -0.05) is 6.92 Å². The summed E-state index contributed by atoms with van der Waals surface area (Å²) in [6.07, 6.45) is 2.55. The number of hydrogen-bond donors (Lipinski definition) is 3. The second-order valence-electron chi connectivity index (χ2n) is 4.83. The van der Waals surface area contributed by atoms with E-state index in [1.54, 1.807) is 17.5 Å². The number of fused-ring (bicyclic) bond motifs is 1. The molecule has 1 unspecified atom stereocenters. The molecule has 0 aliphatic rings. The van der Waals surface area contributed by atoms with E-state index in [1.807, 2.05) is 36.6 Å². The summed E-state index contributed by atoms with van der Waals surface area (Å²) in [5, 5.41) is 6.78. The highest BCUT2D eigenvalue weighted by molar-refractivity contribution is 7.09. The van der Waals surface area contributed by atoms with Crippen LogP contribution >= 0.6 is 11.3 Å². The quantitative estimate of drug-likeness (QED) is 0.647. The molecule has 0 spiro atoms. The number of nitrogens with zero attached hydrogens (tertiary/aromatic N) is 1. The molecule has 3 aromatic rings. The molecule has 0 bridgehead atoms. The Hall–Kier alpha value is -2.34. The molecule has 5 nitrogen and oxygen atoms in total. The summed E-state index contributed by atoms with van der Waals surface area (Å²) in [6.45, 7) is 2.03. The first kappa shape index (κ1) is 13.6. The minimum Gasteiger partial charge on any atom is -0.399 e. The summed E-state index contributed by atoms with van der Waals surface area (Å²) in [7, 11) is 0. The van der Waals surface area contributed by atoms with Crippen molar-refractivity contribution in [1.82, 2.24) is 15.3 Å². The van der Waals surface area contributed by atoms with Crippen molar-refractivity contribution in [1.29, 1.82) is 0 Å². The Morgan fingerprint density at radius 2 is 2.33 bits per heavy atom. The molecule has 0 fully saturated rings. The van der Waals surface area contributed by atoms with Crippen LogP contribution in [0.25, 0.3) is 10.9 Å². The standard InChI is InChI=1S/C15H16N4OS/c1-2-11(15-17-5-6-21-15)19-14(20)13-8-9-7-10(16)3-4-12(9)18-13/h3-8,11,18H,2,16H2,1H3,(H,19,20). The number of hydrogen-bond acceptors (Lipinski definition) is 4. The van der Waals surface area contributed by atoms with Crippen molar-refractivity contribution in [3.05, 3.63) is 46.5 Å². The van der Waals surface area contributed by atoms with Gasteiger partial charge in [-0.3, -0.25) is 4.79 Å². The number of H-pyrrole nitrogens is 1. The van der Waals surface area contributed by atoms with Gasteiger partial charge in [-0.05, 0) is 30.7 Å². The number of benzene rings is 1. The number of thiazole rings is 1. The fourth-order valence-electron chi connectivity index (χ4n) is 2.25. The van der Waals surface area contributed by atoms with Crippen molar-refractivity contribution in [2.24, 2.45) is 0 Å². The van der Waals surface area contributed by atoms with Gasteiger partial charge in [0, 0.05) is 28.2 Å². The second kappa shape index (κ2) is 5.57. The Morgan fingerprint density at radius 1 is 1.48 bits per heavy atom. The number of nitrogens with two attached hydrogens (primary N) is 1. The molecular weight excluding hydrogens is 284 g/mol. The predicted octanol–water partition coefficient (Wildman–Crippen LogP) is 3.09. The second-order valence-corrected chi connectivity index (χ2v) is 5.76. The van der Waals surface area contributed by atoms with E-state index >= 15 is 0 Å². The Morgan fingerprint density at radius 3 is 3.05 bits per heavy atom. The lowest BCUT2D eigenvalue weighted by Crippen LogP contribution is -2.28. The third-order valence-corrected chi connectivity index (χ3v) is 4.24. The third-order valence-electron chi connectivity index (χ3n) is 3.35. The molecule has 2 heterocycles. The molecule has 0 radical (unpaired) electrons. The van der Waals surface area contributed by atoms with Crippen molar-refractivity contribution in [2.75, 3.05) is 5.73 Å². The van der Waals surface area contributed by atoms with Crippen LogP contribution in [0, 0.1) is 0 Å². The molecule has 1 atom stereocenters. The van der Waals surface area contributed by atoms with Gasteiger partial charge in [0.1, 0.15) is 10.7 Å². The Kier molecular flexibility index (Phi) is 3.62. The van der Waals surface area contributed by atoms with Crippen molar-refractivity contribution >= 4 is 33.8 Å². The van der Waals surface area contributed by atoms with E-state index in [0.717, 1.165) is 22.3 Å². The zero-order valence-corrected chi connectivity index (χ0v) is 12.4. The number of nitrogens with one attached hydrogen (secondary N) is 2. The van der Waals surface area contributed by atoms with Crippen molar-refractivity contribution < 1.29 is 4.79 Å². The van der Waals surface area contributed by atoms with Crippen LogP contribution in [0.15, 0.2) is 35.8 Å². The van der Waals surface area contributed by atoms with Crippen LogP contribution in [0.1, 0.15) is 34.9 Å². The number of anilines is 1. The molecule has 4 N–H and O–H groups in total. The highest BCUT2D eigenvalue weighted by Gasteiger charge is 2.17. The monoisotopic (exact) mass is 300 g/mol. The summed E-state index contributed by atoms with van der Waals surface area (Å²) < 4.78 is 0. The first-order valence-corrected chi connectivity index (χ1v) is 7.64. The van der Waals surface area contributed by atoms with E-state index in [4.69, 9.17) is 5.73 Å². The zero-order valence-electron chi connectivity index (χ0n) is 11.6. The predicted molar refractivity (Wildman–Crippen MR) is 85.3 cm³/mol. The average Bonchev–Trinajstić information content (AvgIpc) is 3.12. The summed E-state index contributed by atoms with van der Waals surface area (Å²) in [4.78, 5) is 19.7. The molecular formula is C15H16N4OS. The van der Waals surface area contributed by atoms with Gasteiger partial charge in [0.15, 0.2) is 0 Å². The minimum atomic E-state index is -0.133. The van der Waals surface area contributed by atoms with E-state index < -0.39 is 0 Å². The summed E-state index contributed by atoms with van der Waals surface area (Å²) >= 11 is 1.55. The molecule has 1 aromatic carbocycles. The van der Waals surface area contributed by atoms with Gasteiger partial charge in [-0.2, -0.15) is 0 Å². The van der Waals surface area contributed by atoms with Gasteiger partial charge in [-0.25, -0.2) is 4.98 Å².